The van der Waals surface area contributed by atoms with Gasteiger partial charge in [0, 0.05) is 24.7 Å². The molecule has 8 heteroatoms. The Morgan fingerprint density at radius 1 is 1.31 bits per heavy atom. The molecule has 6 nitrogen and oxygen atoms in total. The smallest absolute Gasteiger partial charge is 0.254 e. The lowest BCUT2D eigenvalue weighted by Crippen LogP contribution is -2.46. The molecular formula is C18H28ClN3O3S. The van der Waals surface area contributed by atoms with E-state index in [1.165, 1.54) is 18.2 Å². The van der Waals surface area contributed by atoms with E-state index in [0.29, 0.717) is 12.1 Å². The number of rotatable bonds is 8. The molecule has 26 heavy (non-hydrogen) atoms. The number of benzene rings is 1. The van der Waals surface area contributed by atoms with Crippen molar-refractivity contribution in [3.05, 3.63) is 42.5 Å². The second-order valence-electron chi connectivity index (χ2n) is 6.14. The van der Waals surface area contributed by atoms with Crippen LogP contribution in [0.1, 0.15) is 36.5 Å². The van der Waals surface area contributed by atoms with E-state index >= 15 is 0 Å². The summed E-state index contributed by atoms with van der Waals surface area (Å²) in [4.78, 5) is 15.0. The fraction of sp³-hybridized carbons (Fsp3) is 0.500. The van der Waals surface area contributed by atoms with E-state index in [4.69, 9.17) is 0 Å². The van der Waals surface area contributed by atoms with E-state index in [0.717, 1.165) is 32.4 Å². The molecule has 1 amide bonds. The summed E-state index contributed by atoms with van der Waals surface area (Å²) in [6.07, 6.45) is 4.28. The van der Waals surface area contributed by atoms with Crippen LogP contribution in [0, 0.1) is 0 Å². The van der Waals surface area contributed by atoms with Crippen LogP contribution in [0.4, 0.5) is 0 Å². The number of hydrogen-bond acceptors (Lipinski definition) is 4. The zero-order chi connectivity index (χ0) is 18.3. The van der Waals surface area contributed by atoms with Crippen molar-refractivity contribution in [3.63, 3.8) is 0 Å². The highest BCUT2D eigenvalue weighted by Crippen LogP contribution is 2.18. The Balaban J connectivity index is 0.00000338. The van der Waals surface area contributed by atoms with Crippen molar-refractivity contribution < 1.29 is 13.2 Å². The summed E-state index contributed by atoms with van der Waals surface area (Å²) >= 11 is 0. The van der Waals surface area contributed by atoms with E-state index in [-0.39, 0.29) is 35.8 Å². The molecule has 0 bridgehead atoms. The Morgan fingerprint density at radius 3 is 2.46 bits per heavy atom. The molecule has 1 aliphatic heterocycles. The number of nitrogens with zero attached hydrogens (tertiary/aromatic N) is 1. The third-order valence-electron chi connectivity index (χ3n) is 4.30. The monoisotopic (exact) mass is 401 g/mol. The van der Waals surface area contributed by atoms with Gasteiger partial charge in [-0.15, -0.1) is 19.0 Å². The predicted octanol–water partition coefficient (Wildman–Crippen LogP) is 2.18. The Hall–Kier alpha value is -1.41. The van der Waals surface area contributed by atoms with Crippen LogP contribution in [0.2, 0.25) is 0 Å². The van der Waals surface area contributed by atoms with Gasteiger partial charge in [0.15, 0.2) is 0 Å². The zero-order valence-electron chi connectivity index (χ0n) is 15.1. The van der Waals surface area contributed by atoms with E-state index in [2.05, 4.69) is 23.5 Å². The van der Waals surface area contributed by atoms with E-state index in [1.807, 2.05) is 4.90 Å². The van der Waals surface area contributed by atoms with Crippen molar-refractivity contribution in [2.75, 3.05) is 26.2 Å². The number of sulfonamides is 1. The van der Waals surface area contributed by atoms with E-state index in [9.17, 15) is 13.2 Å². The number of hydrogen-bond donors (Lipinski definition) is 2. The number of carbonyl (C=O) groups excluding carboxylic acids is 1. The van der Waals surface area contributed by atoms with Gasteiger partial charge in [-0.05, 0) is 56.6 Å². The Kier molecular flexibility index (Phi) is 9.29. The maximum absolute atomic E-state index is 12.9. The summed E-state index contributed by atoms with van der Waals surface area (Å²) in [6.45, 7) is 8.28. The third-order valence-corrected chi connectivity index (χ3v) is 5.74. The van der Waals surface area contributed by atoms with Crippen LogP contribution in [-0.2, 0) is 10.0 Å². The zero-order valence-corrected chi connectivity index (χ0v) is 16.7. The summed E-state index contributed by atoms with van der Waals surface area (Å²) in [5.74, 6) is -0.0308. The van der Waals surface area contributed by atoms with Crippen LogP contribution < -0.4 is 10.0 Å². The van der Waals surface area contributed by atoms with Crippen molar-refractivity contribution in [2.45, 2.75) is 37.1 Å². The molecule has 0 radical (unpaired) electrons. The van der Waals surface area contributed by atoms with E-state index in [1.54, 1.807) is 12.1 Å². The largest absolute Gasteiger partial charge is 0.336 e. The minimum atomic E-state index is -3.57. The second kappa shape index (κ2) is 10.7. The molecule has 2 N–H and O–H groups in total. The highest BCUT2D eigenvalue weighted by Gasteiger charge is 2.25. The quantitative estimate of drug-likeness (QED) is 0.654. The minimum absolute atomic E-state index is 0. The maximum Gasteiger partial charge on any atom is 0.254 e. The molecule has 0 aliphatic carbocycles. The van der Waals surface area contributed by atoms with Gasteiger partial charge in [-0.3, -0.25) is 4.79 Å². The molecule has 1 aromatic carbocycles. The number of carbonyl (C=O) groups is 1. The lowest BCUT2D eigenvalue weighted by molar-refractivity contribution is 0.0642. The van der Waals surface area contributed by atoms with Crippen molar-refractivity contribution >= 4 is 28.3 Å². The van der Waals surface area contributed by atoms with Crippen molar-refractivity contribution in [2.24, 2.45) is 0 Å². The van der Waals surface area contributed by atoms with Crippen molar-refractivity contribution in [3.8, 4) is 0 Å². The van der Waals surface area contributed by atoms with E-state index < -0.39 is 10.0 Å². The van der Waals surface area contributed by atoms with Gasteiger partial charge in [0.25, 0.3) is 5.91 Å². The molecule has 1 aliphatic rings. The molecule has 0 unspecified atom stereocenters. The van der Waals surface area contributed by atoms with Gasteiger partial charge >= 0.3 is 0 Å². The summed E-state index contributed by atoms with van der Waals surface area (Å²) in [5.41, 5.74) is 0.523. The van der Waals surface area contributed by atoms with Crippen LogP contribution in [-0.4, -0.2) is 51.4 Å². The maximum atomic E-state index is 12.9. The number of nitrogens with one attached hydrogen (secondary N) is 2. The molecule has 1 fully saturated rings. The van der Waals surface area contributed by atoms with Gasteiger partial charge in [-0.25, -0.2) is 13.1 Å². The first-order chi connectivity index (χ1) is 12.0. The molecule has 146 valence electrons. The van der Waals surface area contributed by atoms with Gasteiger partial charge in [-0.2, -0.15) is 0 Å². The first-order valence-electron chi connectivity index (χ1n) is 8.72. The molecule has 1 saturated heterocycles. The number of halogens is 1. The first kappa shape index (κ1) is 22.6. The third kappa shape index (κ3) is 5.81. The van der Waals surface area contributed by atoms with Crippen LogP contribution in [0.15, 0.2) is 41.8 Å². The van der Waals surface area contributed by atoms with Gasteiger partial charge in [0.1, 0.15) is 0 Å². The minimum Gasteiger partial charge on any atom is -0.336 e. The normalized spacial score (nSPS) is 15.1. The second-order valence-corrected chi connectivity index (χ2v) is 7.91. The predicted molar refractivity (Wildman–Crippen MR) is 106 cm³/mol. The SMILES string of the molecule is C=CCNS(=O)(=O)c1ccc(C(=O)N(CCC)C2CCNCC2)cc1.Cl. The standard InChI is InChI=1S/C18H27N3O3S.ClH/c1-3-11-20-25(23,24)17-7-5-15(6-8-17)18(22)21(14-4-2)16-9-12-19-13-10-16;/h3,5-8,16,19-20H,1,4,9-14H2,2H3;1H. The van der Waals surface area contributed by atoms with Gasteiger partial charge in [0.05, 0.1) is 4.90 Å². The molecule has 2 rings (SSSR count). The van der Waals surface area contributed by atoms with Crippen LogP contribution in [0.3, 0.4) is 0 Å². The summed E-state index contributed by atoms with van der Waals surface area (Å²) in [6, 6.07) is 6.38. The average molecular weight is 402 g/mol. The highest BCUT2D eigenvalue weighted by atomic mass is 35.5. The Morgan fingerprint density at radius 2 is 1.92 bits per heavy atom. The summed E-state index contributed by atoms with van der Waals surface area (Å²) in [5, 5.41) is 3.31. The molecule has 0 spiro atoms. The Labute approximate surface area is 162 Å². The summed E-state index contributed by atoms with van der Waals surface area (Å²) < 4.78 is 26.6. The fourth-order valence-electron chi connectivity index (χ4n) is 3.00. The number of piperidine rings is 1. The molecule has 1 aromatic rings. The first-order valence-corrected chi connectivity index (χ1v) is 10.2. The van der Waals surface area contributed by atoms with Crippen LogP contribution in [0.5, 0.6) is 0 Å². The van der Waals surface area contributed by atoms with Gasteiger partial charge < -0.3 is 10.2 Å². The molecule has 0 atom stereocenters. The highest BCUT2D eigenvalue weighted by molar-refractivity contribution is 7.89. The molecular weight excluding hydrogens is 374 g/mol. The van der Waals surface area contributed by atoms with Gasteiger partial charge in [-0.1, -0.05) is 13.0 Å². The molecule has 0 aromatic heterocycles. The van der Waals surface area contributed by atoms with Crippen molar-refractivity contribution in [1.82, 2.24) is 14.9 Å². The van der Waals surface area contributed by atoms with Crippen LogP contribution in [0.25, 0.3) is 0 Å². The van der Waals surface area contributed by atoms with Crippen molar-refractivity contribution in [1.29, 1.82) is 0 Å². The Bertz CT molecular complexity index is 686. The lowest BCUT2D eigenvalue weighted by atomic mass is 10.0. The molecule has 1 heterocycles. The summed E-state index contributed by atoms with van der Waals surface area (Å²) in [7, 11) is -3.57. The van der Waals surface area contributed by atoms with Gasteiger partial charge in [0.2, 0.25) is 10.0 Å². The fourth-order valence-corrected chi connectivity index (χ4v) is 4.00. The molecule has 0 saturated carbocycles. The number of amides is 1. The lowest BCUT2D eigenvalue weighted by Gasteiger charge is -2.34. The van der Waals surface area contributed by atoms with Crippen LogP contribution >= 0.6 is 12.4 Å². The average Bonchev–Trinajstić information content (AvgIpc) is 2.65. The topological polar surface area (TPSA) is 78.5 Å².